The van der Waals surface area contributed by atoms with E-state index < -0.39 is 0 Å². The highest BCUT2D eigenvalue weighted by Crippen LogP contribution is 2.05. The van der Waals surface area contributed by atoms with E-state index in [9.17, 15) is 0 Å². The molecule has 9 heavy (non-hydrogen) atoms. The van der Waals surface area contributed by atoms with Gasteiger partial charge in [-0.1, -0.05) is 0 Å². The lowest BCUT2D eigenvalue weighted by Gasteiger charge is -2.31. The molecule has 1 aliphatic heterocycles. The molecule has 0 aromatic heterocycles. The zero-order valence-electron chi connectivity index (χ0n) is 6.00. The van der Waals surface area contributed by atoms with E-state index in [2.05, 4.69) is 0 Å². The lowest BCUT2D eigenvalue weighted by atomic mass is 10.3. The molecule has 0 aliphatic carbocycles. The lowest BCUT2D eigenvalue weighted by Crippen LogP contribution is -2.48. The van der Waals surface area contributed by atoms with Crippen molar-refractivity contribution in [2.45, 2.75) is 26.1 Å². The van der Waals surface area contributed by atoms with E-state index in [-0.39, 0.29) is 0 Å². The molecule has 2 N–H and O–H groups in total. The molecule has 0 aromatic carbocycles. The first-order valence-corrected chi connectivity index (χ1v) is 3.33. The summed E-state index contributed by atoms with van der Waals surface area (Å²) in [6, 6.07) is 0. The molecule has 0 amide bonds. The molecule has 0 radical (unpaired) electrons. The van der Waals surface area contributed by atoms with Gasteiger partial charge in [0.2, 0.25) is 0 Å². The Labute approximate surface area is 55.7 Å². The normalized spacial score (nSPS) is 39.0. The van der Waals surface area contributed by atoms with Crippen molar-refractivity contribution in [1.82, 2.24) is 5.01 Å². The second kappa shape index (κ2) is 2.64. The summed E-state index contributed by atoms with van der Waals surface area (Å²) in [4.78, 5) is 0. The Morgan fingerprint density at radius 1 is 1.33 bits per heavy atom. The van der Waals surface area contributed by atoms with Crippen LogP contribution in [0.3, 0.4) is 0 Å². The SMILES string of the molecule is C[C@@H]1CN(N)C[C@H](C)O1. The van der Waals surface area contributed by atoms with Crippen LogP contribution in [0.1, 0.15) is 13.8 Å². The van der Waals surface area contributed by atoms with Crippen LogP contribution in [0.25, 0.3) is 0 Å². The van der Waals surface area contributed by atoms with Gasteiger partial charge >= 0.3 is 0 Å². The molecule has 0 saturated carbocycles. The number of rotatable bonds is 0. The molecule has 0 bridgehead atoms. The first-order chi connectivity index (χ1) is 4.18. The Balaban J connectivity index is 2.34. The van der Waals surface area contributed by atoms with Crippen molar-refractivity contribution in [3.05, 3.63) is 0 Å². The Morgan fingerprint density at radius 3 is 2.11 bits per heavy atom. The van der Waals surface area contributed by atoms with Crippen LogP contribution in [0.4, 0.5) is 0 Å². The zero-order valence-corrected chi connectivity index (χ0v) is 6.00. The van der Waals surface area contributed by atoms with Crippen LogP contribution < -0.4 is 5.84 Å². The van der Waals surface area contributed by atoms with E-state index in [1.165, 1.54) is 0 Å². The molecule has 1 heterocycles. The molecule has 0 spiro atoms. The fraction of sp³-hybridized carbons (Fsp3) is 1.00. The predicted molar refractivity (Wildman–Crippen MR) is 35.8 cm³/mol. The fourth-order valence-electron chi connectivity index (χ4n) is 1.22. The van der Waals surface area contributed by atoms with E-state index in [1.54, 1.807) is 5.01 Å². The summed E-state index contributed by atoms with van der Waals surface area (Å²) in [6.45, 7) is 5.78. The number of hydrogen-bond donors (Lipinski definition) is 1. The third-order valence-electron chi connectivity index (χ3n) is 1.45. The highest BCUT2D eigenvalue weighted by atomic mass is 16.5. The van der Waals surface area contributed by atoms with Crippen LogP contribution in [0.2, 0.25) is 0 Å². The maximum atomic E-state index is 5.57. The van der Waals surface area contributed by atoms with Crippen molar-refractivity contribution in [3.8, 4) is 0 Å². The van der Waals surface area contributed by atoms with Gasteiger partial charge in [-0.15, -0.1) is 0 Å². The van der Waals surface area contributed by atoms with Gasteiger partial charge in [0, 0.05) is 13.1 Å². The van der Waals surface area contributed by atoms with E-state index in [4.69, 9.17) is 10.6 Å². The van der Waals surface area contributed by atoms with Crippen molar-refractivity contribution < 1.29 is 4.74 Å². The van der Waals surface area contributed by atoms with Crippen molar-refractivity contribution in [2.75, 3.05) is 13.1 Å². The average Bonchev–Trinajstić information content (AvgIpc) is 1.59. The summed E-state index contributed by atoms with van der Waals surface area (Å²) in [5, 5.41) is 1.80. The number of morpholine rings is 1. The van der Waals surface area contributed by atoms with Gasteiger partial charge in [-0.3, -0.25) is 5.84 Å². The van der Waals surface area contributed by atoms with E-state index >= 15 is 0 Å². The Hall–Kier alpha value is -0.120. The molecule has 3 heteroatoms. The third-order valence-corrected chi connectivity index (χ3v) is 1.45. The van der Waals surface area contributed by atoms with Gasteiger partial charge in [-0.05, 0) is 13.8 Å². The van der Waals surface area contributed by atoms with Crippen LogP contribution in [0, 0.1) is 0 Å². The maximum Gasteiger partial charge on any atom is 0.0692 e. The molecule has 1 rings (SSSR count). The lowest BCUT2D eigenvalue weighted by molar-refractivity contribution is -0.0684. The fourth-order valence-corrected chi connectivity index (χ4v) is 1.22. The smallest absolute Gasteiger partial charge is 0.0692 e. The summed E-state index contributed by atoms with van der Waals surface area (Å²) >= 11 is 0. The number of nitrogens with two attached hydrogens (primary N) is 1. The molecule has 54 valence electrons. The molecule has 2 atom stereocenters. The van der Waals surface area contributed by atoms with Crippen LogP contribution in [0.5, 0.6) is 0 Å². The molecule has 0 unspecified atom stereocenters. The average molecular weight is 130 g/mol. The number of nitrogens with zero attached hydrogens (tertiary/aromatic N) is 1. The molecule has 1 fully saturated rings. The second-order valence-corrected chi connectivity index (χ2v) is 2.71. The maximum absolute atomic E-state index is 5.57. The van der Waals surface area contributed by atoms with Crippen LogP contribution >= 0.6 is 0 Å². The van der Waals surface area contributed by atoms with Crippen molar-refractivity contribution in [3.63, 3.8) is 0 Å². The molecular weight excluding hydrogens is 116 g/mol. The standard InChI is InChI=1S/C6H14N2O/c1-5-3-8(7)4-6(2)9-5/h5-6H,3-4,7H2,1-2H3/t5-,6+. The quantitative estimate of drug-likeness (QED) is 0.468. The van der Waals surface area contributed by atoms with Crippen LogP contribution in [0.15, 0.2) is 0 Å². The van der Waals surface area contributed by atoms with Crippen molar-refractivity contribution in [2.24, 2.45) is 5.84 Å². The van der Waals surface area contributed by atoms with Gasteiger partial charge in [-0.2, -0.15) is 0 Å². The van der Waals surface area contributed by atoms with Gasteiger partial charge in [0.1, 0.15) is 0 Å². The third kappa shape index (κ3) is 1.93. The van der Waals surface area contributed by atoms with Crippen molar-refractivity contribution >= 4 is 0 Å². The van der Waals surface area contributed by atoms with Crippen LogP contribution in [-0.2, 0) is 4.74 Å². The minimum absolute atomic E-state index is 0.291. The molecular formula is C6H14N2O. The van der Waals surface area contributed by atoms with Gasteiger partial charge in [0.25, 0.3) is 0 Å². The Morgan fingerprint density at radius 2 is 1.78 bits per heavy atom. The van der Waals surface area contributed by atoms with Crippen LogP contribution in [-0.4, -0.2) is 30.3 Å². The summed E-state index contributed by atoms with van der Waals surface area (Å²) in [5.41, 5.74) is 0. The van der Waals surface area contributed by atoms with Gasteiger partial charge < -0.3 is 4.74 Å². The number of hydrogen-bond acceptors (Lipinski definition) is 3. The minimum Gasteiger partial charge on any atom is -0.373 e. The largest absolute Gasteiger partial charge is 0.373 e. The minimum atomic E-state index is 0.291. The Bertz CT molecular complexity index is 72.0. The van der Waals surface area contributed by atoms with E-state index in [0.717, 1.165) is 13.1 Å². The number of ether oxygens (including phenoxy) is 1. The number of hydrazine groups is 1. The van der Waals surface area contributed by atoms with E-state index in [0.29, 0.717) is 12.2 Å². The molecule has 1 saturated heterocycles. The van der Waals surface area contributed by atoms with Gasteiger partial charge in [0.05, 0.1) is 12.2 Å². The Kier molecular flexibility index (Phi) is 2.05. The van der Waals surface area contributed by atoms with Crippen molar-refractivity contribution in [1.29, 1.82) is 0 Å². The molecule has 3 nitrogen and oxygen atoms in total. The van der Waals surface area contributed by atoms with Gasteiger partial charge in [0.15, 0.2) is 0 Å². The first kappa shape index (κ1) is 6.99. The summed E-state index contributed by atoms with van der Waals surface area (Å²) in [5.74, 6) is 5.57. The second-order valence-electron chi connectivity index (χ2n) is 2.71. The molecule has 0 aromatic rings. The summed E-state index contributed by atoms with van der Waals surface area (Å²) in [7, 11) is 0. The van der Waals surface area contributed by atoms with E-state index in [1.807, 2.05) is 13.8 Å². The zero-order chi connectivity index (χ0) is 6.85. The predicted octanol–water partition coefficient (Wildman–Crippen LogP) is -0.0307. The monoisotopic (exact) mass is 130 g/mol. The summed E-state index contributed by atoms with van der Waals surface area (Å²) < 4.78 is 5.43. The first-order valence-electron chi connectivity index (χ1n) is 3.33. The summed E-state index contributed by atoms with van der Waals surface area (Å²) in [6.07, 6.45) is 0.581. The highest BCUT2D eigenvalue weighted by molar-refractivity contribution is 4.67. The van der Waals surface area contributed by atoms with Gasteiger partial charge in [-0.25, -0.2) is 5.01 Å². The topological polar surface area (TPSA) is 38.5 Å². The highest BCUT2D eigenvalue weighted by Gasteiger charge is 2.18. The molecule has 1 aliphatic rings.